The van der Waals surface area contributed by atoms with E-state index in [-0.39, 0.29) is 0 Å². The Kier molecular flexibility index (Phi) is 1.48. The molecule has 82 valence electrons. The number of fused-ring (bicyclic) bond motifs is 1. The summed E-state index contributed by atoms with van der Waals surface area (Å²) in [6.45, 7) is 4.71. The van der Waals surface area contributed by atoms with E-state index in [1.165, 1.54) is 31.9 Å². The van der Waals surface area contributed by atoms with Gasteiger partial charge in [0.2, 0.25) is 0 Å². The Morgan fingerprint density at radius 1 is 1.25 bits per heavy atom. The fraction of sp³-hybridized carbons (Fsp3) is 0.417. The zero-order valence-corrected chi connectivity index (χ0v) is 9.03. The minimum absolute atomic E-state index is 0.568. The molecule has 16 heavy (non-hydrogen) atoms. The summed E-state index contributed by atoms with van der Waals surface area (Å²) in [5.41, 5.74) is 4.07. The van der Waals surface area contributed by atoms with Gasteiger partial charge in [-0.1, -0.05) is 6.07 Å². The predicted molar refractivity (Wildman–Crippen MR) is 63.6 cm³/mol. The fourth-order valence-electron chi connectivity index (χ4n) is 2.84. The molecule has 1 spiro atoms. The number of aromatic amines is 1. The van der Waals surface area contributed by atoms with Crippen LogP contribution < -0.4 is 10.2 Å². The Morgan fingerprint density at radius 2 is 2.12 bits per heavy atom. The lowest BCUT2D eigenvalue weighted by Crippen LogP contribution is -2.71. The molecule has 0 bridgehead atoms. The Labute approximate surface area is 93.7 Å². The van der Waals surface area contributed by atoms with E-state index in [0.29, 0.717) is 5.41 Å². The molecule has 2 aliphatic heterocycles. The molecular formula is C12H14N4. The number of nitrogens with one attached hydrogen (secondary N) is 2. The molecule has 2 fully saturated rings. The SMILES string of the molecule is c1cc(N2CC3(CNC3)C2)c2nc[nH]c2c1. The molecule has 3 heterocycles. The van der Waals surface area contributed by atoms with Gasteiger partial charge >= 0.3 is 0 Å². The number of hydrogen-bond donors (Lipinski definition) is 2. The van der Waals surface area contributed by atoms with Crippen LogP contribution >= 0.6 is 0 Å². The first-order valence-electron chi connectivity index (χ1n) is 5.74. The molecule has 4 heteroatoms. The lowest BCUT2D eigenvalue weighted by atomic mass is 9.74. The van der Waals surface area contributed by atoms with Gasteiger partial charge in [-0.15, -0.1) is 0 Å². The number of aromatic nitrogens is 2. The molecule has 2 N–H and O–H groups in total. The average molecular weight is 214 g/mol. The number of hydrogen-bond acceptors (Lipinski definition) is 3. The van der Waals surface area contributed by atoms with E-state index in [1.807, 2.05) is 0 Å². The van der Waals surface area contributed by atoms with Crippen LogP contribution in [0.2, 0.25) is 0 Å². The summed E-state index contributed by atoms with van der Waals surface area (Å²) in [7, 11) is 0. The maximum atomic E-state index is 4.40. The Bertz CT molecular complexity index is 533. The minimum Gasteiger partial charge on any atom is -0.368 e. The summed E-state index contributed by atoms with van der Waals surface area (Å²) in [6.07, 6.45) is 1.77. The molecule has 1 aromatic heterocycles. The van der Waals surface area contributed by atoms with E-state index in [2.05, 4.69) is 38.4 Å². The van der Waals surface area contributed by atoms with E-state index in [1.54, 1.807) is 6.33 Å². The number of rotatable bonds is 1. The third-order valence-corrected chi connectivity index (χ3v) is 3.82. The highest BCUT2D eigenvalue weighted by molar-refractivity contribution is 5.88. The van der Waals surface area contributed by atoms with E-state index in [0.717, 1.165) is 11.0 Å². The van der Waals surface area contributed by atoms with Crippen molar-refractivity contribution >= 4 is 16.7 Å². The number of para-hydroxylation sites is 1. The topological polar surface area (TPSA) is 44.0 Å². The van der Waals surface area contributed by atoms with Gasteiger partial charge in [-0.05, 0) is 12.1 Å². The van der Waals surface area contributed by atoms with Crippen molar-refractivity contribution in [2.75, 3.05) is 31.1 Å². The lowest BCUT2D eigenvalue weighted by Gasteiger charge is -2.57. The van der Waals surface area contributed by atoms with Gasteiger partial charge in [-0.25, -0.2) is 4.98 Å². The van der Waals surface area contributed by atoms with Gasteiger partial charge in [0.15, 0.2) is 0 Å². The maximum Gasteiger partial charge on any atom is 0.112 e. The van der Waals surface area contributed by atoms with E-state index in [4.69, 9.17) is 0 Å². The van der Waals surface area contributed by atoms with Crippen LogP contribution in [-0.2, 0) is 0 Å². The Morgan fingerprint density at radius 3 is 2.88 bits per heavy atom. The normalized spacial score (nSPS) is 22.1. The highest BCUT2D eigenvalue weighted by Crippen LogP contribution is 2.39. The van der Waals surface area contributed by atoms with Gasteiger partial charge in [-0.2, -0.15) is 0 Å². The Hall–Kier alpha value is -1.55. The van der Waals surface area contributed by atoms with Crippen LogP contribution in [0.25, 0.3) is 11.0 Å². The third-order valence-electron chi connectivity index (χ3n) is 3.82. The summed E-state index contributed by atoms with van der Waals surface area (Å²) in [6, 6.07) is 6.34. The molecular weight excluding hydrogens is 200 g/mol. The molecule has 2 saturated heterocycles. The van der Waals surface area contributed by atoms with Gasteiger partial charge < -0.3 is 15.2 Å². The van der Waals surface area contributed by atoms with Crippen LogP contribution in [0.5, 0.6) is 0 Å². The number of H-pyrrole nitrogens is 1. The molecule has 0 atom stereocenters. The van der Waals surface area contributed by atoms with Crippen LogP contribution in [0.3, 0.4) is 0 Å². The van der Waals surface area contributed by atoms with Crippen LogP contribution in [0, 0.1) is 5.41 Å². The standard InChI is InChI=1S/C12H14N4/c1-2-9-11(15-8-14-9)10(3-1)16-6-12(7-16)4-13-5-12/h1-3,8,13H,4-7H2,(H,14,15). The minimum atomic E-state index is 0.568. The first-order chi connectivity index (χ1) is 7.86. The number of anilines is 1. The molecule has 2 aliphatic rings. The summed E-state index contributed by atoms with van der Waals surface area (Å²) >= 11 is 0. The Balaban J connectivity index is 1.70. The van der Waals surface area contributed by atoms with Crippen LogP contribution in [-0.4, -0.2) is 36.1 Å². The summed E-state index contributed by atoms with van der Waals surface area (Å²) < 4.78 is 0. The molecule has 2 aromatic rings. The molecule has 1 aromatic carbocycles. The molecule has 0 amide bonds. The molecule has 0 radical (unpaired) electrons. The van der Waals surface area contributed by atoms with E-state index >= 15 is 0 Å². The molecule has 4 rings (SSSR count). The second-order valence-electron chi connectivity index (χ2n) is 5.04. The first kappa shape index (κ1) is 8.58. The fourth-order valence-corrected chi connectivity index (χ4v) is 2.84. The quantitative estimate of drug-likeness (QED) is 0.743. The van der Waals surface area contributed by atoms with Gasteiger partial charge in [0, 0.05) is 31.6 Å². The zero-order valence-electron chi connectivity index (χ0n) is 9.03. The van der Waals surface area contributed by atoms with Gasteiger partial charge in [0.05, 0.1) is 17.5 Å². The van der Waals surface area contributed by atoms with E-state index in [9.17, 15) is 0 Å². The van der Waals surface area contributed by atoms with Crippen molar-refractivity contribution in [3.05, 3.63) is 24.5 Å². The van der Waals surface area contributed by atoms with E-state index < -0.39 is 0 Å². The zero-order chi connectivity index (χ0) is 10.6. The van der Waals surface area contributed by atoms with Crippen molar-refractivity contribution < 1.29 is 0 Å². The van der Waals surface area contributed by atoms with Gasteiger partial charge in [0.1, 0.15) is 5.52 Å². The average Bonchev–Trinajstić information content (AvgIpc) is 2.61. The van der Waals surface area contributed by atoms with Crippen molar-refractivity contribution in [2.24, 2.45) is 5.41 Å². The lowest BCUT2D eigenvalue weighted by molar-refractivity contribution is 0.121. The summed E-state index contributed by atoms with van der Waals surface area (Å²) in [5.74, 6) is 0. The highest BCUT2D eigenvalue weighted by atomic mass is 15.3. The van der Waals surface area contributed by atoms with Crippen LogP contribution in [0.4, 0.5) is 5.69 Å². The second kappa shape index (κ2) is 2.77. The number of nitrogens with zero attached hydrogens (tertiary/aromatic N) is 2. The van der Waals surface area contributed by atoms with Crippen LogP contribution in [0.15, 0.2) is 24.5 Å². The second-order valence-corrected chi connectivity index (χ2v) is 5.04. The van der Waals surface area contributed by atoms with Crippen molar-refractivity contribution in [3.8, 4) is 0 Å². The maximum absolute atomic E-state index is 4.40. The summed E-state index contributed by atoms with van der Waals surface area (Å²) in [5, 5.41) is 3.36. The highest BCUT2D eigenvalue weighted by Gasteiger charge is 2.47. The summed E-state index contributed by atoms with van der Waals surface area (Å²) in [4.78, 5) is 10.00. The van der Waals surface area contributed by atoms with Crippen LogP contribution in [0.1, 0.15) is 0 Å². The number of imidazole rings is 1. The van der Waals surface area contributed by atoms with Gasteiger partial charge in [-0.3, -0.25) is 0 Å². The largest absolute Gasteiger partial charge is 0.368 e. The third kappa shape index (κ3) is 0.998. The van der Waals surface area contributed by atoms with Crippen molar-refractivity contribution in [2.45, 2.75) is 0 Å². The number of benzene rings is 1. The van der Waals surface area contributed by atoms with Gasteiger partial charge in [0.25, 0.3) is 0 Å². The first-order valence-corrected chi connectivity index (χ1v) is 5.74. The molecule has 0 saturated carbocycles. The predicted octanol–water partition coefficient (Wildman–Crippen LogP) is 0.972. The molecule has 4 nitrogen and oxygen atoms in total. The van der Waals surface area contributed by atoms with Crippen molar-refractivity contribution in [3.63, 3.8) is 0 Å². The van der Waals surface area contributed by atoms with Crippen molar-refractivity contribution in [1.82, 2.24) is 15.3 Å². The monoisotopic (exact) mass is 214 g/mol. The smallest absolute Gasteiger partial charge is 0.112 e. The molecule has 0 unspecified atom stereocenters. The van der Waals surface area contributed by atoms with Crippen molar-refractivity contribution in [1.29, 1.82) is 0 Å². The molecule has 0 aliphatic carbocycles.